The Kier molecular flexibility index (Phi) is 5.81. The van der Waals surface area contributed by atoms with Gasteiger partial charge in [-0.25, -0.2) is 4.79 Å². The summed E-state index contributed by atoms with van der Waals surface area (Å²) in [4.78, 5) is 39.3. The first-order chi connectivity index (χ1) is 14.9. The third-order valence-corrected chi connectivity index (χ3v) is 6.33. The summed E-state index contributed by atoms with van der Waals surface area (Å²) in [6.45, 7) is 4.50. The Hall–Kier alpha value is -3.15. The highest BCUT2D eigenvalue weighted by Crippen LogP contribution is 2.39. The molecule has 0 saturated carbocycles. The molecule has 6 nitrogen and oxygen atoms in total. The van der Waals surface area contributed by atoms with Crippen molar-refractivity contribution in [2.24, 2.45) is 0 Å². The number of aryl methyl sites for hydroxylation is 1. The molecule has 2 N–H and O–H groups in total. The summed E-state index contributed by atoms with van der Waals surface area (Å²) in [5, 5.41) is 5.72. The zero-order chi connectivity index (χ0) is 22.0. The normalized spacial score (nSPS) is 20.2. The molecule has 4 amide bonds. The molecule has 6 heteroatoms. The summed E-state index contributed by atoms with van der Waals surface area (Å²) < 4.78 is 0. The van der Waals surface area contributed by atoms with Crippen molar-refractivity contribution in [2.75, 3.05) is 13.1 Å². The minimum Gasteiger partial charge on any atom is -0.354 e. The van der Waals surface area contributed by atoms with Crippen LogP contribution in [-0.4, -0.2) is 35.8 Å². The number of nitrogens with zero attached hydrogens (tertiary/aromatic N) is 1. The van der Waals surface area contributed by atoms with Crippen LogP contribution in [0.4, 0.5) is 4.79 Å². The lowest BCUT2D eigenvalue weighted by Gasteiger charge is -2.33. The molecule has 2 aromatic carbocycles. The van der Waals surface area contributed by atoms with Gasteiger partial charge in [-0.05, 0) is 53.9 Å². The van der Waals surface area contributed by atoms with E-state index in [1.54, 1.807) is 0 Å². The number of hydrogen-bond donors (Lipinski definition) is 2. The summed E-state index contributed by atoms with van der Waals surface area (Å²) in [5.41, 5.74) is 3.32. The number of nitrogens with one attached hydrogen (secondary N) is 2. The van der Waals surface area contributed by atoms with E-state index >= 15 is 0 Å². The first-order valence-electron chi connectivity index (χ1n) is 11.0. The number of fused-ring (bicyclic) bond motifs is 2. The first-order valence-corrected chi connectivity index (χ1v) is 11.0. The van der Waals surface area contributed by atoms with Gasteiger partial charge < -0.3 is 10.6 Å². The third kappa shape index (κ3) is 4.07. The Labute approximate surface area is 183 Å². The van der Waals surface area contributed by atoms with E-state index in [1.807, 2.05) is 24.3 Å². The maximum atomic E-state index is 13.2. The molecule has 0 bridgehead atoms. The Morgan fingerprint density at radius 1 is 1.13 bits per heavy atom. The molecule has 1 aliphatic carbocycles. The smallest absolute Gasteiger partial charge is 0.325 e. The predicted molar refractivity (Wildman–Crippen MR) is 119 cm³/mol. The van der Waals surface area contributed by atoms with Crippen LogP contribution in [0.25, 0.3) is 0 Å². The van der Waals surface area contributed by atoms with E-state index in [0.29, 0.717) is 25.3 Å². The first kappa shape index (κ1) is 21.1. The molecule has 1 heterocycles. The van der Waals surface area contributed by atoms with Gasteiger partial charge in [-0.2, -0.15) is 0 Å². The number of carbonyl (C=O) groups excluding carboxylic acids is 3. The average molecular weight is 420 g/mol. The molecule has 0 radical (unpaired) electrons. The lowest BCUT2D eigenvalue weighted by molar-refractivity contribution is -0.135. The molecular formula is C25H29N3O3. The van der Waals surface area contributed by atoms with Crippen molar-refractivity contribution in [3.8, 4) is 0 Å². The van der Waals surface area contributed by atoms with E-state index in [2.05, 4.69) is 48.7 Å². The van der Waals surface area contributed by atoms with E-state index in [-0.39, 0.29) is 18.4 Å². The second-order valence-electron chi connectivity index (χ2n) is 8.73. The number of hydrogen-bond acceptors (Lipinski definition) is 3. The van der Waals surface area contributed by atoms with Crippen molar-refractivity contribution >= 4 is 17.8 Å². The summed E-state index contributed by atoms with van der Waals surface area (Å²) >= 11 is 0. The Bertz CT molecular complexity index is 999. The maximum Gasteiger partial charge on any atom is 0.325 e. The largest absolute Gasteiger partial charge is 0.354 e. The van der Waals surface area contributed by atoms with Crippen LogP contribution in [0.15, 0.2) is 48.5 Å². The lowest BCUT2D eigenvalue weighted by Crippen LogP contribution is -2.47. The fourth-order valence-electron chi connectivity index (χ4n) is 4.57. The molecule has 2 aromatic rings. The molecule has 0 aromatic heterocycles. The van der Waals surface area contributed by atoms with Crippen molar-refractivity contribution < 1.29 is 14.4 Å². The predicted octanol–water partition coefficient (Wildman–Crippen LogP) is 3.25. The zero-order valence-corrected chi connectivity index (χ0v) is 18.1. The van der Waals surface area contributed by atoms with Gasteiger partial charge in [-0.3, -0.25) is 14.5 Å². The lowest BCUT2D eigenvalue weighted by atomic mass is 9.76. The van der Waals surface area contributed by atoms with Crippen LogP contribution in [0.1, 0.15) is 54.9 Å². The fourth-order valence-corrected chi connectivity index (χ4v) is 4.57. The number of urea groups is 1. The Balaban J connectivity index is 1.36. The van der Waals surface area contributed by atoms with Gasteiger partial charge in [0, 0.05) is 6.54 Å². The molecule has 1 fully saturated rings. The van der Waals surface area contributed by atoms with Crippen molar-refractivity contribution in [3.05, 3.63) is 70.8 Å². The molecular weight excluding hydrogens is 390 g/mol. The standard InChI is InChI=1S/C25H29N3O3/c1-17(2)19-11-9-18(10-12-19)13-15-26-22(29)16-28-23(30)25(27-24(28)31)14-5-7-20-6-3-4-8-21(20)25/h3-4,6,8-12,17H,5,7,13-16H2,1-2H3,(H,26,29)(H,27,31)/t25-/m1/s1. The molecule has 1 spiro atoms. The number of amides is 4. The van der Waals surface area contributed by atoms with Crippen LogP contribution in [0.3, 0.4) is 0 Å². The van der Waals surface area contributed by atoms with Gasteiger partial charge in [0.15, 0.2) is 0 Å². The number of rotatable bonds is 6. The monoisotopic (exact) mass is 419 g/mol. The quantitative estimate of drug-likeness (QED) is 0.706. The van der Waals surface area contributed by atoms with Crippen LogP contribution in [0.5, 0.6) is 0 Å². The number of imide groups is 1. The Morgan fingerprint density at radius 3 is 2.61 bits per heavy atom. The summed E-state index contributed by atoms with van der Waals surface area (Å²) in [6, 6.07) is 15.6. The summed E-state index contributed by atoms with van der Waals surface area (Å²) in [6.07, 6.45) is 2.96. The van der Waals surface area contributed by atoms with E-state index in [0.717, 1.165) is 34.4 Å². The highest BCUT2D eigenvalue weighted by Gasteiger charge is 2.54. The molecule has 4 rings (SSSR count). The average Bonchev–Trinajstić information content (AvgIpc) is 2.99. The molecule has 0 unspecified atom stereocenters. The van der Waals surface area contributed by atoms with Gasteiger partial charge in [0.05, 0.1) is 0 Å². The molecule has 1 aliphatic heterocycles. The van der Waals surface area contributed by atoms with E-state index in [4.69, 9.17) is 0 Å². The fraction of sp³-hybridized carbons (Fsp3) is 0.400. The van der Waals surface area contributed by atoms with Crippen LogP contribution < -0.4 is 10.6 Å². The Morgan fingerprint density at radius 2 is 1.87 bits per heavy atom. The van der Waals surface area contributed by atoms with Crippen LogP contribution in [0.2, 0.25) is 0 Å². The van der Waals surface area contributed by atoms with Gasteiger partial charge in [0.1, 0.15) is 12.1 Å². The van der Waals surface area contributed by atoms with Gasteiger partial charge in [-0.1, -0.05) is 62.4 Å². The minimum atomic E-state index is -1.04. The van der Waals surface area contributed by atoms with Gasteiger partial charge in [0.25, 0.3) is 5.91 Å². The molecule has 162 valence electrons. The highest BCUT2D eigenvalue weighted by atomic mass is 16.2. The molecule has 1 saturated heterocycles. The van der Waals surface area contributed by atoms with Gasteiger partial charge in [-0.15, -0.1) is 0 Å². The van der Waals surface area contributed by atoms with Gasteiger partial charge in [0.2, 0.25) is 5.91 Å². The second-order valence-corrected chi connectivity index (χ2v) is 8.73. The maximum absolute atomic E-state index is 13.2. The molecule has 2 aliphatic rings. The number of benzene rings is 2. The van der Waals surface area contributed by atoms with Crippen molar-refractivity contribution in [2.45, 2.75) is 51.0 Å². The van der Waals surface area contributed by atoms with Crippen molar-refractivity contribution in [1.82, 2.24) is 15.5 Å². The van der Waals surface area contributed by atoms with Crippen LogP contribution >= 0.6 is 0 Å². The number of carbonyl (C=O) groups is 3. The van der Waals surface area contributed by atoms with Crippen molar-refractivity contribution in [3.63, 3.8) is 0 Å². The van der Waals surface area contributed by atoms with E-state index < -0.39 is 11.6 Å². The topological polar surface area (TPSA) is 78.5 Å². The second kappa shape index (κ2) is 8.53. The molecule has 31 heavy (non-hydrogen) atoms. The summed E-state index contributed by atoms with van der Waals surface area (Å²) in [5.74, 6) is -0.176. The van der Waals surface area contributed by atoms with Crippen molar-refractivity contribution in [1.29, 1.82) is 0 Å². The van der Waals surface area contributed by atoms with Crippen LogP contribution in [0, 0.1) is 0 Å². The van der Waals surface area contributed by atoms with Crippen LogP contribution in [-0.2, 0) is 28.0 Å². The third-order valence-electron chi connectivity index (χ3n) is 6.33. The van der Waals surface area contributed by atoms with E-state index in [9.17, 15) is 14.4 Å². The minimum absolute atomic E-state index is 0.263. The zero-order valence-electron chi connectivity index (χ0n) is 18.1. The molecule has 1 atom stereocenters. The highest BCUT2D eigenvalue weighted by molar-refractivity contribution is 6.09. The van der Waals surface area contributed by atoms with Gasteiger partial charge >= 0.3 is 6.03 Å². The summed E-state index contributed by atoms with van der Waals surface area (Å²) in [7, 11) is 0. The SMILES string of the molecule is CC(C)c1ccc(CCNC(=O)CN2C(=O)N[C@@]3(CCCc4ccccc43)C2=O)cc1. The van der Waals surface area contributed by atoms with E-state index in [1.165, 1.54) is 5.56 Å².